The molecule has 0 aliphatic heterocycles. The zero-order valence-electron chi connectivity index (χ0n) is 15.1. The van der Waals surface area contributed by atoms with Crippen molar-refractivity contribution in [3.8, 4) is 17.0 Å². The predicted molar refractivity (Wildman–Crippen MR) is 104 cm³/mol. The maximum absolute atomic E-state index is 11.8. The van der Waals surface area contributed by atoms with Crippen LogP contribution in [0.3, 0.4) is 0 Å². The Balaban J connectivity index is 1.50. The van der Waals surface area contributed by atoms with Gasteiger partial charge in [0.1, 0.15) is 11.6 Å². The van der Waals surface area contributed by atoms with Crippen LogP contribution in [0, 0.1) is 0 Å². The van der Waals surface area contributed by atoms with Gasteiger partial charge in [-0.2, -0.15) is 0 Å². The van der Waals surface area contributed by atoms with Crippen LogP contribution in [0.5, 0.6) is 5.75 Å². The third-order valence-corrected chi connectivity index (χ3v) is 4.21. The number of imidazole rings is 1. The average Bonchev–Trinajstić information content (AvgIpc) is 3.37. The maximum atomic E-state index is 11.8. The Morgan fingerprint density at radius 2 is 2.04 bits per heavy atom. The highest BCUT2D eigenvalue weighted by Crippen LogP contribution is 2.21. The summed E-state index contributed by atoms with van der Waals surface area (Å²) in [6.45, 7) is 2.19. The van der Waals surface area contributed by atoms with Crippen LogP contribution in [0.4, 0.5) is 9.93 Å². The number of nitrogens with zero attached hydrogens (tertiary/aromatic N) is 2. The van der Waals surface area contributed by atoms with Gasteiger partial charge < -0.3 is 19.8 Å². The molecule has 146 valence electrons. The summed E-state index contributed by atoms with van der Waals surface area (Å²) in [4.78, 5) is 34.5. The number of aromatic nitrogens is 3. The Morgan fingerprint density at radius 3 is 2.75 bits per heavy atom. The molecule has 0 atom stereocenters. The van der Waals surface area contributed by atoms with E-state index in [1.54, 1.807) is 36.8 Å². The molecule has 0 saturated carbocycles. The van der Waals surface area contributed by atoms with Crippen LogP contribution < -0.4 is 15.4 Å². The van der Waals surface area contributed by atoms with Gasteiger partial charge in [0.05, 0.1) is 25.0 Å². The highest BCUT2D eigenvalue weighted by atomic mass is 32.1. The summed E-state index contributed by atoms with van der Waals surface area (Å²) in [6, 6.07) is 6.86. The summed E-state index contributed by atoms with van der Waals surface area (Å²) in [5.41, 5.74) is 1.70. The van der Waals surface area contributed by atoms with Crippen molar-refractivity contribution in [1.82, 2.24) is 20.3 Å². The van der Waals surface area contributed by atoms with Crippen LogP contribution in [0.1, 0.15) is 12.7 Å². The highest BCUT2D eigenvalue weighted by molar-refractivity contribution is 7.13. The van der Waals surface area contributed by atoms with E-state index < -0.39 is 5.97 Å². The predicted octanol–water partition coefficient (Wildman–Crippen LogP) is 2.80. The smallest absolute Gasteiger partial charge is 0.344 e. The van der Waals surface area contributed by atoms with Crippen LogP contribution in [0.2, 0.25) is 0 Å². The monoisotopic (exact) mass is 401 g/mol. The number of hydrogen-bond donors (Lipinski definition) is 3. The quantitative estimate of drug-likeness (QED) is 0.500. The molecule has 3 aromatic rings. The van der Waals surface area contributed by atoms with Crippen LogP contribution in [0.25, 0.3) is 11.3 Å². The van der Waals surface area contributed by atoms with Gasteiger partial charge in [-0.1, -0.05) is 0 Å². The first kappa shape index (κ1) is 19.4. The summed E-state index contributed by atoms with van der Waals surface area (Å²) in [5, 5.41) is 7.65. The lowest BCUT2D eigenvalue weighted by molar-refractivity contribution is -0.145. The number of hydrogen-bond acceptors (Lipinski definition) is 7. The highest BCUT2D eigenvalue weighted by Gasteiger charge is 2.08. The standard InChI is InChI=1S/C18H19N5O4S/c1-2-26-16(24)11-27-13-5-3-12(4-6-13)14-9-20-15(22-14)10-21-17(25)23-18-19-7-8-28-18/h3-9H,2,10-11H2,1H3,(H,20,22)(H2,19,21,23,25). The second-order valence-electron chi connectivity index (χ2n) is 5.51. The van der Waals surface area contributed by atoms with Crippen molar-refractivity contribution in [3.63, 3.8) is 0 Å². The van der Waals surface area contributed by atoms with E-state index in [1.807, 2.05) is 12.1 Å². The zero-order chi connectivity index (χ0) is 19.8. The number of ether oxygens (including phenoxy) is 2. The molecule has 3 N–H and O–H groups in total. The number of H-pyrrole nitrogens is 1. The molecule has 2 aromatic heterocycles. The molecule has 0 aliphatic carbocycles. The summed E-state index contributed by atoms with van der Waals surface area (Å²) < 4.78 is 10.2. The fraction of sp³-hybridized carbons (Fsp3) is 0.222. The Labute approximate surface area is 165 Å². The number of rotatable bonds is 8. The number of aromatic amines is 1. The molecular weight excluding hydrogens is 382 g/mol. The fourth-order valence-electron chi connectivity index (χ4n) is 2.27. The molecular formula is C18H19N5O4S. The van der Waals surface area contributed by atoms with Gasteiger partial charge >= 0.3 is 12.0 Å². The second-order valence-corrected chi connectivity index (χ2v) is 6.40. The molecule has 2 heterocycles. The Hall–Kier alpha value is -3.40. The molecule has 0 bridgehead atoms. The largest absolute Gasteiger partial charge is 0.482 e. The maximum Gasteiger partial charge on any atom is 0.344 e. The van der Waals surface area contributed by atoms with Gasteiger partial charge in [0.2, 0.25) is 0 Å². The minimum atomic E-state index is -0.406. The molecule has 28 heavy (non-hydrogen) atoms. The molecule has 0 unspecified atom stereocenters. The third kappa shape index (κ3) is 5.55. The number of carbonyl (C=O) groups is 2. The van der Waals surface area contributed by atoms with Gasteiger partial charge in [-0.05, 0) is 36.8 Å². The first-order valence-corrected chi connectivity index (χ1v) is 9.39. The van der Waals surface area contributed by atoms with E-state index in [0.29, 0.717) is 23.3 Å². The first-order chi connectivity index (χ1) is 13.6. The molecule has 10 heteroatoms. The Kier molecular flexibility index (Phi) is 6.58. The van der Waals surface area contributed by atoms with Crippen LogP contribution in [0.15, 0.2) is 42.0 Å². The van der Waals surface area contributed by atoms with Gasteiger partial charge in [0.15, 0.2) is 11.7 Å². The Morgan fingerprint density at radius 1 is 1.21 bits per heavy atom. The minimum absolute atomic E-state index is 0.129. The van der Waals surface area contributed by atoms with Crippen molar-refractivity contribution in [1.29, 1.82) is 0 Å². The van der Waals surface area contributed by atoms with Crippen LogP contribution in [-0.2, 0) is 16.1 Å². The molecule has 2 amide bonds. The Bertz CT molecular complexity index is 908. The number of benzene rings is 1. The first-order valence-electron chi connectivity index (χ1n) is 8.51. The molecule has 1 aromatic carbocycles. The third-order valence-electron chi connectivity index (χ3n) is 3.52. The summed E-state index contributed by atoms with van der Waals surface area (Å²) in [5.74, 6) is 0.778. The lowest BCUT2D eigenvalue weighted by Gasteiger charge is -2.06. The fourth-order valence-corrected chi connectivity index (χ4v) is 2.79. The lowest BCUT2D eigenvalue weighted by atomic mass is 10.2. The van der Waals surface area contributed by atoms with Crippen molar-refractivity contribution in [2.24, 2.45) is 0 Å². The molecule has 0 aliphatic rings. The number of urea groups is 1. The van der Waals surface area contributed by atoms with E-state index in [9.17, 15) is 9.59 Å². The van der Waals surface area contributed by atoms with Crippen molar-refractivity contribution >= 4 is 28.5 Å². The number of carbonyl (C=O) groups excluding carboxylic acids is 2. The van der Waals surface area contributed by atoms with Gasteiger partial charge in [-0.3, -0.25) is 5.32 Å². The van der Waals surface area contributed by atoms with E-state index in [0.717, 1.165) is 11.3 Å². The second kappa shape index (κ2) is 9.51. The molecule has 0 spiro atoms. The summed E-state index contributed by atoms with van der Waals surface area (Å²) in [7, 11) is 0. The number of thiazole rings is 1. The van der Waals surface area contributed by atoms with Gasteiger partial charge in [0, 0.05) is 11.6 Å². The van der Waals surface area contributed by atoms with E-state index in [-0.39, 0.29) is 19.2 Å². The summed E-state index contributed by atoms with van der Waals surface area (Å²) in [6.07, 6.45) is 3.30. The molecule has 9 nitrogen and oxygen atoms in total. The number of nitrogens with one attached hydrogen (secondary N) is 3. The average molecular weight is 401 g/mol. The van der Waals surface area contributed by atoms with Crippen molar-refractivity contribution in [2.45, 2.75) is 13.5 Å². The van der Waals surface area contributed by atoms with E-state index in [1.165, 1.54) is 11.3 Å². The zero-order valence-corrected chi connectivity index (χ0v) is 15.9. The SMILES string of the molecule is CCOC(=O)COc1ccc(-c2cnc(CNC(=O)Nc3nccs3)[nH]2)cc1. The van der Waals surface area contributed by atoms with Crippen molar-refractivity contribution < 1.29 is 19.1 Å². The molecule has 0 radical (unpaired) electrons. The van der Waals surface area contributed by atoms with Gasteiger partial charge in [-0.15, -0.1) is 11.3 Å². The number of esters is 1. The molecule has 0 fully saturated rings. The summed E-state index contributed by atoms with van der Waals surface area (Å²) >= 11 is 1.34. The molecule has 3 rings (SSSR count). The topological polar surface area (TPSA) is 118 Å². The number of amides is 2. The van der Waals surface area contributed by atoms with E-state index in [2.05, 4.69) is 25.6 Å². The van der Waals surface area contributed by atoms with Crippen LogP contribution in [-0.4, -0.2) is 40.2 Å². The normalized spacial score (nSPS) is 10.3. The van der Waals surface area contributed by atoms with Crippen molar-refractivity contribution in [3.05, 3.63) is 47.9 Å². The van der Waals surface area contributed by atoms with Gasteiger partial charge in [0.25, 0.3) is 0 Å². The van der Waals surface area contributed by atoms with Gasteiger partial charge in [-0.25, -0.2) is 19.6 Å². The number of anilines is 1. The van der Waals surface area contributed by atoms with E-state index >= 15 is 0 Å². The lowest BCUT2D eigenvalue weighted by Crippen LogP contribution is -2.28. The van der Waals surface area contributed by atoms with E-state index in [4.69, 9.17) is 9.47 Å². The van der Waals surface area contributed by atoms with Crippen molar-refractivity contribution in [2.75, 3.05) is 18.5 Å². The molecule has 0 saturated heterocycles. The minimum Gasteiger partial charge on any atom is -0.482 e. The van der Waals surface area contributed by atoms with Crippen LogP contribution >= 0.6 is 11.3 Å².